The molecule has 0 amide bonds. The Hall–Kier alpha value is 0.229. The molecule has 0 aliphatic heterocycles. The molecule has 0 rings (SSSR count). The number of carboxylic acid groups (broad SMARTS) is 2. The normalized spacial score (nSPS) is 3.00. The van der Waals surface area contributed by atoms with Gasteiger partial charge in [0.1, 0.15) is 0 Å². The van der Waals surface area contributed by atoms with Gasteiger partial charge in [-0.15, -0.1) is 0 Å². The number of rotatable bonds is 0. The van der Waals surface area contributed by atoms with Crippen LogP contribution in [0, 0.1) is 0 Å². The molecule has 5 nitrogen and oxygen atoms in total. The van der Waals surface area contributed by atoms with Crippen LogP contribution in [-0.4, -0.2) is 44.7 Å². The van der Waals surface area contributed by atoms with Crippen LogP contribution in [0.4, 0.5) is 4.79 Å². The Kier molecular flexibility index (Phi) is 139. The van der Waals surface area contributed by atoms with Gasteiger partial charge < -0.3 is 21.2 Å². The second-order valence-corrected chi connectivity index (χ2v) is 0.283. The first-order chi connectivity index (χ1) is 1.73. The van der Waals surface area contributed by atoms with Crippen LogP contribution in [0.3, 0.4) is 0 Å². The molecule has 8 heavy (non-hydrogen) atoms. The zero-order chi connectivity index (χ0) is 3.58. The van der Waals surface area contributed by atoms with Crippen molar-refractivity contribution in [3.8, 4) is 0 Å². The standard InChI is InChI=1S/CH2O3.Al.Co.2H2O.3H/c2-1(3)4;;;;;;;/h(H2,2,3,4);;;2*1H2;;;. The number of carbonyl (C=O) groups is 1. The molecule has 0 unspecified atom stereocenters. The first-order valence-electron chi connectivity index (χ1n) is 0.651. The van der Waals surface area contributed by atoms with E-state index >= 15 is 0 Å². The van der Waals surface area contributed by atoms with Gasteiger partial charge in [-0.05, 0) is 0 Å². The fourth-order valence-electron chi connectivity index (χ4n) is 0. The molecule has 1 radical (unpaired) electrons. The van der Waals surface area contributed by atoms with E-state index in [-0.39, 0.29) is 45.1 Å². The van der Waals surface area contributed by atoms with Crippen LogP contribution in [0.2, 0.25) is 0 Å². The molecule has 0 aromatic rings. The predicted octanol–water partition coefficient (Wildman–Crippen LogP) is -2.61. The quantitative estimate of drug-likeness (QED) is 0.404. The minimum Gasteiger partial charge on any atom is -0.450 e. The van der Waals surface area contributed by atoms with E-state index < -0.39 is 6.16 Å². The zero-order valence-electron chi connectivity index (χ0n) is 3.14. The van der Waals surface area contributed by atoms with Gasteiger partial charge in [-0.1, -0.05) is 0 Å². The molecule has 0 aliphatic carbocycles. The van der Waals surface area contributed by atoms with E-state index in [4.69, 9.17) is 15.0 Å². The Bertz CT molecular complexity index is 35.4. The van der Waals surface area contributed by atoms with Gasteiger partial charge in [-0.3, -0.25) is 0 Å². The van der Waals surface area contributed by atoms with Crippen molar-refractivity contribution < 1.29 is 42.7 Å². The van der Waals surface area contributed by atoms with E-state index in [0.717, 1.165) is 0 Å². The van der Waals surface area contributed by atoms with Gasteiger partial charge in [0.25, 0.3) is 0 Å². The molecule has 0 heterocycles. The maximum Gasteiger partial charge on any atom is 0.503 e. The van der Waals surface area contributed by atoms with Gasteiger partial charge in [0.2, 0.25) is 0 Å². The Morgan fingerprint density at radius 3 is 1.12 bits per heavy atom. The average Bonchev–Trinajstić information content (AvgIpc) is 0.811. The molecule has 0 bridgehead atoms. The summed E-state index contributed by atoms with van der Waals surface area (Å²) in [6.07, 6.45) is -1.83. The topological polar surface area (TPSA) is 121 Å². The average molecular weight is 187 g/mol. The molecule has 7 heteroatoms. The number of hydrogen-bond acceptors (Lipinski definition) is 1. The molecule has 55 valence electrons. The fourth-order valence-corrected chi connectivity index (χ4v) is 0. The molecule has 0 atom stereocenters. The van der Waals surface area contributed by atoms with Crippen LogP contribution in [-0.2, 0) is 16.8 Å². The van der Waals surface area contributed by atoms with Crippen LogP contribution >= 0.6 is 0 Å². The van der Waals surface area contributed by atoms with E-state index in [2.05, 4.69) is 0 Å². The Balaban J connectivity index is -0.00000000750. The summed E-state index contributed by atoms with van der Waals surface area (Å²) in [4.78, 5) is 8.56. The van der Waals surface area contributed by atoms with E-state index in [1.165, 1.54) is 0 Å². The van der Waals surface area contributed by atoms with Crippen LogP contribution < -0.4 is 0 Å². The van der Waals surface area contributed by atoms with Crippen molar-refractivity contribution in [3.63, 3.8) is 0 Å². The molecule has 0 saturated carbocycles. The van der Waals surface area contributed by atoms with Gasteiger partial charge in [0.05, 0.1) is 0 Å². The van der Waals surface area contributed by atoms with E-state index in [9.17, 15) is 0 Å². The molecule has 0 spiro atoms. The van der Waals surface area contributed by atoms with E-state index in [0.29, 0.717) is 0 Å². The molecule has 0 aromatic heterocycles. The Morgan fingerprint density at radius 2 is 1.12 bits per heavy atom. The SMILES string of the molecule is O.O.O=C(O)O.[AlH3].[Co]. The first-order valence-corrected chi connectivity index (χ1v) is 0.651. The van der Waals surface area contributed by atoms with E-state index in [1.54, 1.807) is 0 Å². The van der Waals surface area contributed by atoms with Gasteiger partial charge in [-0.2, -0.15) is 0 Å². The van der Waals surface area contributed by atoms with Crippen molar-refractivity contribution in [1.82, 2.24) is 0 Å². The summed E-state index contributed by atoms with van der Waals surface area (Å²) >= 11 is 0. The second-order valence-electron chi connectivity index (χ2n) is 0.283. The van der Waals surface area contributed by atoms with Crippen molar-refractivity contribution in [3.05, 3.63) is 0 Å². The van der Waals surface area contributed by atoms with Crippen LogP contribution in [0.15, 0.2) is 0 Å². The minimum atomic E-state index is -1.83. The fraction of sp³-hybridized carbons (Fsp3) is 0. The molecular formula is CH9AlCoO5. The third-order valence-electron chi connectivity index (χ3n) is 0. The van der Waals surface area contributed by atoms with Crippen molar-refractivity contribution in [2.24, 2.45) is 0 Å². The molecule has 6 N–H and O–H groups in total. The Morgan fingerprint density at radius 1 is 1.12 bits per heavy atom. The van der Waals surface area contributed by atoms with Crippen LogP contribution in [0.1, 0.15) is 0 Å². The minimum absolute atomic E-state index is 0. The largest absolute Gasteiger partial charge is 0.503 e. The van der Waals surface area contributed by atoms with Crippen molar-refractivity contribution in [2.45, 2.75) is 0 Å². The van der Waals surface area contributed by atoms with Gasteiger partial charge in [-0.25, -0.2) is 4.79 Å². The first kappa shape index (κ1) is 41.2. The smallest absolute Gasteiger partial charge is 0.450 e. The summed E-state index contributed by atoms with van der Waals surface area (Å²) in [5.41, 5.74) is 0. The molecule has 0 fully saturated rings. The predicted molar refractivity (Wildman–Crippen MR) is 27.8 cm³/mol. The maximum atomic E-state index is 8.56. The summed E-state index contributed by atoms with van der Waals surface area (Å²) in [6, 6.07) is 0. The van der Waals surface area contributed by atoms with Gasteiger partial charge in [0, 0.05) is 16.8 Å². The summed E-state index contributed by atoms with van der Waals surface area (Å²) in [5.74, 6) is 0. The van der Waals surface area contributed by atoms with Crippen LogP contribution in [0.5, 0.6) is 0 Å². The Labute approximate surface area is 66.6 Å². The van der Waals surface area contributed by atoms with Crippen molar-refractivity contribution >= 4 is 23.5 Å². The molecular weight excluding hydrogens is 178 g/mol. The third-order valence-corrected chi connectivity index (χ3v) is 0. The third kappa shape index (κ3) is 3250. The number of hydrogen-bond donors (Lipinski definition) is 2. The molecule has 0 saturated heterocycles. The van der Waals surface area contributed by atoms with Gasteiger partial charge >= 0.3 is 6.16 Å². The maximum absolute atomic E-state index is 8.56. The zero-order valence-corrected chi connectivity index (χ0v) is 4.18. The van der Waals surface area contributed by atoms with Crippen LogP contribution in [0.25, 0.3) is 0 Å². The molecule has 0 aromatic carbocycles. The summed E-state index contributed by atoms with van der Waals surface area (Å²) in [5, 5.41) is 13.9. The summed E-state index contributed by atoms with van der Waals surface area (Å²) in [6.45, 7) is 0. The van der Waals surface area contributed by atoms with Gasteiger partial charge in [0.15, 0.2) is 17.4 Å². The van der Waals surface area contributed by atoms with E-state index in [1.807, 2.05) is 0 Å². The molecule has 0 aliphatic rings. The van der Waals surface area contributed by atoms with Crippen molar-refractivity contribution in [1.29, 1.82) is 0 Å². The monoisotopic (exact) mass is 187 g/mol. The second kappa shape index (κ2) is 26.9. The summed E-state index contributed by atoms with van der Waals surface area (Å²) in [7, 11) is 0. The van der Waals surface area contributed by atoms with Crippen molar-refractivity contribution in [2.75, 3.05) is 0 Å². The summed E-state index contributed by atoms with van der Waals surface area (Å²) < 4.78 is 0.